The number of hydrogen-bond donors (Lipinski definition) is 1. The number of benzene rings is 1. The van der Waals surface area contributed by atoms with Crippen LogP contribution in [0, 0.1) is 12.3 Å². The van der Waals surface area contributed by atoms with E-state index in [9.17, 15) is 5.11 Å². The van der Waals surface area contributed by atoms with Crippen molar-refractivity contribution in [1.29, 1.82) is 0 Å². The minimum absolute atomic E-state index is 0.217. The van der Waals surface area contributed by atoms with Crippen LogP contribution in [0.4, 0.5) is 0 Å². The molecule has 2 heteroatoms. The van der Waals surface area contributed by atoms with Crippen molar-refractivity contribution in [2.45, 2.75) is 26.2 Å². The Morgan fingerprint density at radius 3 is 2.64 bits per heavy atom. The van der Waals surface area contributed by atoms with Gasteiger partial charge in [0.05, 0.1) is 0 Å². The number of aliphatic hydroxyl groups is 1. The molecule has 1 aromatic rings. The Bertz CT molecular complexity index is 342. The van der Waals surface area contributed by atoms with Gasteiger partial charge in [-0.05, 0) is 48.8 Å². The molecule has 0 spiro atoms. The normalized spacial score (nSPS) is 18.2. The van der Waals surface area contributed by atoms with Gasteiger partial charge in [-0.2, -0.15) is 0 Å². The average Bonchev–Trinajstić information content (AvgIpc) is 2.93. The summed E-state index contributed by atoms with van der Waals surface area (Å²) < 4.78 is 1.17. The molecule has 14 heavy (non-hydrogen) atoms. The first-order valence-electron chi connectivity index (χ1n) is 5.01. The van der Waals surface area contributed by atoms with Gasteiger partial charge in [0.25, 0.3) is 0 Å². The Balaban J connectivity index is 2.14. The van der Waals surface area contributed by atoms with Crippen molar-refractivity contribution in [3.63, 3.8) is 0 Å². The van der Waals surface area contributed by atoms with Crippen LogP contribution in [0.1, 0.15) is 24.0 Å². The largest absolute Gasteiger partial charge is 0.396 e. The Kier molecular flexibility index (Phi) is 2.67. The zero-order valence-corrected chi connectivity index (χ0v) is 9.97. The molecular weight excluding hydrogens is 240 g/mol. The SMILES string of the molecule is Cc1ccc(CC2(CO)CC2)cc1Br. The van der Waals surface area contributed by atoms with E-state index in [0.717, 1.165) is 6.42 Å². The van der Waals surface area contributed by atoms with Crippen LogP contribution >= 0.6 is 15.9 Å². The van der Waals surface area contributed by atoms with E-state index in [1.54, 1.807) is 0 Å². The van der Waals surface area contributed by atoms with Crippen LogP contribution in [-0.4, -0.2) is 11.7 Å². The highest BCUT2D eigenvalue weighted by atomic mass is 79.9. The van der Waals surface area contributed by atoms with Gasteiger partial charge in [0.15, 0.2) is 0 Å². The summed E-state index contributed by atoms with van der Waals surface area (Å²) in [6, 6.07) is 6.47. The minimum Gasteiger partial charge on any atom is -0.396 e. The molecule has 1 aromatic carbocycles. The summed E-state index contributed by atoms with van der Waals surface area (Å²) in [4.78, 5) is 0. The van der Waals surface area contributed by atoms with Gasteiger partial charge in [0, 0.05) is 11.1 Å². The van der Waals surface area contributed by atoms with Crippen molar-refractivity contribution in [2.75, 3.05) is 6.61 Å². The van der Waals surface area contributed by atoms with Gasteiger partial charge in [-0.25, -0.2) is 0 Å². The van der Waals surface area contributed by atoms with Gasteiger partial charge in [-0.1, -0.05) is 28.1 Å². The van der Waals surface area contributed by atoms with Crippen molar-refractivity contribution in [3.8, 4) is 0 Å². The molecule has 0 bridgehead atoms. The number of aliphatic hydroxyl groups excluding tert-OH is 1. The fourth-order valence-corrected chi connectivity index (χ4v) is 2.17. The molecule has 0 radical (unpaired) electrons. The molecule has 0 amide bonds. The zero-order valence-electron chi connectivity index (χ0n) is 8.39. The van der Waals surface area contributed by atoms with Gasteiger partial charge < -0.3 is 5.11 Å². The molecule has 2 rings (SSSR count). The van der Waals surface area contributed by atoms with Crippen LogP contribution in [0.5, 0.6) is 0 Å². The summed E-state index contributed by atoms with van der Waals surface area (Å²) in [7, 11) is 0. The van der Waals surface area contributed by atoms with Gasteiger partial charge in [0.2, 0.25) is 0 Å². The van der Waals surface area contributed by atoms with Gasteiger partial charge in [0.1, 0.15) is 0 Å². The highest BCUT2D eigenvalue weighted by Gasteiger charge is 2.41. The first-order chi connectivity index (χ1) is 6.65. The van der Waals surface area contributed by atoms with E-state index in [1.165, 1.54) is 28.4 Å². The van der Waals surface area contributed by atoms with Gasteiger partial charge in [-0.3, -0.25) is 0 Å². The highest BCUT2D eigenvalue weighted by Crippen LogP contribution is 2.47. The van der Waals surface area contributed by atoms with Gasteiger partial charge in [-0.15, -0.1) is 0 Å². The van der Waals surface area contributed by atoms with E-state index in [1.807, 2.05) is 0 Å². The molecule has 1 nitrogen and oxygen atoms in total. The number of rotatable bonds is 3. The van der Waals surface area contributed by atoms with E-state index >= 15 is 0 Å². The van der Waals surface area contributed by atoms with Crippen LogP contribution in [-0.2, 0) is 6.42 Å². The third-order valence-electron chi connectivity index (χ3n) is 3.11. The molecule has 1 aliphatic rings. The standard InChI is InChI=1S/C12H15BrO/c1-9-2-3-10(6-11(9)13)7-12(8-14)4-5-12/h2-3,6,14H,4-5,7-8H2,1H3. The van der Waals surface area contributed by atoms with Crippen LogP contribution in [0.25, 0.3) is 0 Å². The predicted molar refractivity (Wildman–Crippen MR) is 61.3 cm³/mol. The first kappa shape index (κ1) is 10.2. The second-order valence-electron chi connectivity index (χ2n) is 4.42. The van der Waals surface area contributed by atoms with E-state index < -0.39 is 0 Å². The fraction of sp³-hybridized carbons (Fsp3) is 0.500. The van der Waals surface area contributed by atoms with Crippen molar-refractivity contribution in [3.05, 3.63) is 33.8 Å². The number of hydrogen-bond acceptors (Lipinski definition) is 1. The Morgan fingerprint density at radius 1 is 1.43 bits per heavy atom. The third kappa shape index (κ3) is 2.01. The van der Waals surface area contributed by atoms with E-state index in [2.05, 4.69) is 41.1 Å². The molecule has 1 saturated carbocycles. The highest BCUT2D eigenvalue weighted by molar-refractivity contribution is 9.10. The Hall–Kier alpha value is -0.340. The smallest absolute Gasteiger partial charge is 0.0490 e. The Labute approximate surface area is 93.3 Å². The molecule has 76 valence electrons. The zero-order chi connectivity index (χ0) is 10.2. The lowest BCUT2D eigenvalue weighted by molar-refractivity contribution is 0.211. The molecule has 0 heterocycles. The van der Waals surface area contributed by atoms with Crippen molar-refractivity contribution < 1.29 is 5.11 Å². The van der Waals surface area contributed by atoms with Crippen molar-refractivity contribution in [1.82, 2.24) is 0 Å². The van der Waals surface area contributed by atoms with Gasteiger partial charge >= 0.3 is 0 Å². The summed E-state index contributed by atoms with van der Waals surface area (Å²) >= 11 is 3.53. The van der Waals surface area contributed by atoms with E-state index in [-0.39, 0.29) is 5.41 Å². The van der Waals surface area contributed by atoms with Crippen LogP contribution in [0.15, 0.2) is 22.7 Å². The molecule has 0 saturated heterocycles. The lowest BCUT2D eigenvalue weighted by Gasteiger charge is -2.12. The fourth-order valence-electron chi connectivity index (χ4n) is 1.75. The third-order valence-corrected chi connectivity index (χ3v) is 3.96. The van der Waals surface area contributed by atoms with Crippen molar-refractivity contribution >= 4 is 15.9 Å². The summed E-state index contributed by atoms with van der Waals surface area (Å²) in [5, 5.41) is 9.23. The molecule has 0 aliphatic heterocycles. The predicted octanol–water partition coefficient (Wildman–Crippen LogP) is 3.07. The minimum atomic E-state index is 0.217. The lowest BCUT2D eigenvalue weighted by Crippen LogP contribution is -2.09. The monoisotopic (exact) mass is 254 g/mol. The van der Waals surface area contributed by atoms with Crippen LogP contribution < -0.4 is 0 Å². The summed E-state index contributed by atoms with van der Waals surface area (Å²) in [5.41, 5.74) is 2.81. The van der Waals surface area contributed by atoms with Crippen LogP contribution in [0.2, 0.25) is 0 Å². The second-order valence-corrected chi connectivity index (χ2v) is 5.27. The Morgan fingerprint density at radius 2 is 2.14 bits per heavy atom. The summed E-state index contributed by atoms with van der Waals surface area (Å²) in [6.45, 7) is 2.42. The molecule has 1 N–H and O–H groups in total. The average molecular weight is 255 g/mol. The van der Waals surface area contributed by atoms with E-state index in [0.29, 0.717) is 6.61 Å². The molecule has 0 aromatic heterocycles. The first-order valence-corrected chi connectivity index (χ1v) is 5.80. The molecule has 0 atom stereocenters. The maximum Gasteiger partial charge on any atom is 0.0490 e. The van der Waals surface area contributed by atoms with Crippen LogP contribution in [0.3, 0.4) is 0 Å². The number of halogens is 1. The molecule has 1 fully saturated rings. The van der Waals surface area contributed by atoms with Crippen molar-refractivity contribution in [2.24, 2.45) is 5.41 Å². The summed E-state index contributed by atoms with van der Waals surface area (Å²) in [6.07, 6.45) is 3.37. The maximum atomic E-state index is 9.23. The lowest BCUT2D eigenvalue weighted by atomic mass is 9.97. The maximum absolute atomic E-state index is 9.23. The number of aryl methyl sites for hydroxylation is 1. The van der Waals surface area contributed by atoms with E-state index in [4.69, 9.17) is 0 Å². The summed E-state index contributed by atoms with van der Waals surface area (Å²) in [5.74, 6) is 0. The second kappa shape index (κ2) is 3.67. The molecule has 0 unspecified atom stereocenters. The molecular formula is C12H15BrO. The molecule has 1 aliphatic carbocycles. The quantitative estimate of drug-likeness (QED) is 0.880. The topological polar surface area (TPSA) is 20.2 Å².